The number of nitrogens with one attached hydrogen (secondary N) is 1. The van der Waals surface area contributed by atoms with Gasteiger partial charge in [-0.2, -0.15) is 0 Å². The molecular weight excluding hydrogens is 364 g/mol. The Hall–Kier alpha value is -1.47. The molecular formula is C14H12BrF2NO2S. The molecule has 0 unspecified atom stereocenters. The molecule has 0 heterocycles. The second kappa shape index (κ2) is 5.73. The highest BCUT2D eigenvalue weighted by molar-refractivity contribution is 9.10. The number of anilines is 1. The standard InChI is InChI=1S/C14H12BrF2NO2S/c1-8-5-11(17)6-9(2)14(8)21(19,20)18-13-7-10(16)3-4-12(13)15/h3-7,18H,1-2H3. The average Bonchev–Trinajstić information content (AvgIpc) is 2.31. The molecule has 0 saturated heterocycles. The summed E-state index contributed by atoms with van der Waals surface area (Å²) in [5.41, 5.74) is 0.651. The average molecular weight is 376 g/mol. The Bertz CT molecular complexity index is 784. The molecule has 0 amide bonds. The van der Waals surface area contributed by atoms with Crippen LogP contribution in [0.4, 0.5) is 14.5 Å². The Kier molecular flexibility index (Phi) is 4.34. The van der Waals surface area contributed by atoms with E-state index in [1.165, 1.54) is 26.0 Å². The zero-order valence-corrected chi connectivity index (χ0v) is 13.6. The van der Waals surface area contributed by atoms with Gasteiger partial charge in [0.2, 0.25) is 0 Å². The van der Waals surface area contributed by atoms with Crippen molar-refractivity contribution in [3.63, 3.8) is 0 Å². The largest absolute Gasteiger partial charge is 0.278 e. The van der Waals surface area contributed by atoms with Gasteiger partial charge in [-0.3, -0.25) is 4.72 Å². The molecule has 0 radical (unpaired) electrons. The number of sulfonamides is 1. The van der Waals surface area contributed by atoms with Gasteiger partial charge in [-0.25, -0.2) is 17.2 Å². The molecule has 0 aromatic heterocycles. The molecule has 7 heteroatoms. The summed E-state index contributed by atoms with van der Waals surface area (Å²) < 4.78 is 54.1. The highest BCUT2D eigenvalue weighted by Gasteiger charge is 2.21. The first-order chi connectivity index (χ1) is 9.70. The second-order valence-electron chi connectivity index (χ2n) is 4.60. The van der Waals surface area contributed by atoms with Gasteiger partial charge in [0.05, 0.1) is 10.6 Å². The van der Waals surface area contributed by atoms with Crippen LogP contribution in [0.1, 0.15) is 11.1 Å². The normalized spacial score (nSPS) is 11.5. The smallest absolute Gasteiger partial charge is 0.262 e. The monoisotopic (exact) mass is 375 g/mol. The quantitative estimate of drug-likeness (QED) is 0.875. The summed E-state index contributed by atoms with van der Waals surface area (Å²) in [6.45, 7) is 3.01. The van der Waals surface area contributed by atoms with Crippen molar-refractivity contribution in [3.05, 3.63) is 57.6 Å². The van der Waals surface area contributed by atoms with Crippen molar-refractivity contribution in [3.8, 4) is 0 Å². The second-order valence-corrected chi connectivity index (χ2v) is 7.07. The zero-order chi connectivity index (χ0) is 15.8. The zero-order valence-electron chi connectivity index (χ0n) is 11.2. The summed E-state index contributed by atoms with van der Waals surface area (Å²) in [6.07, 6.45) is 0. The first-order valence-corrected chi connectivity index (χ1v) is 8.23. The molecule has 2 aromatic carbocycles. The van der Waals surface area contributed by atoms with Crippen molar-refractivity contribution < 1.29 is 17.2 Å². The molecule has 2 aromatic rings. The minimum Gasteiger partial charge on any atom is -0.278 e. The van der Waals surface area contributed by atoms with Gasteiger partial charge in [-0.15, -0.1) is 0 Å². The number of hydrogen-bond acceptors (Lipinski definition) is 2. The lowest BCUT2D eigenvalue weighted by atomic mass is 10.1. The molecule has 2 rings (SSSR count). The molecule has 0 saturated carbocycles. The van der Waals surface area contributed by atoms with Crippen LogP contribution in [0.15, 0.2) is 39.7 Å². The lowest BCUT2D eigenvalue weighted by Gasteiger charge is -2.14. The molecule has 0 fully saturated rings. The molecule has 0 aliphatic heterocycles. The van der Waals surface area contributed by atoms with Crippen LogP contribution in [0.25, 0.3) is 0 Å². The molecule has 0 aliphatic carbocycles. The van der Waals surface area contributed by atoms with E-state index in [2.05, 4.69) is 20.7 Å². The van der Waals surface area contributed by atoms with Gasteiger partial charge in [0.1, 0.15) is 11.6 Å². The molecule has 0 aliphatic rings. The van der Waals surface area contributed by atoms with Crippen LogP contribution in [0.3, 0.4) is 0 Å². The predicted octanol–water partition coefficient (Wildman–Crippen LogP) is 4.14. The van der Waals surface area contributed by atoms with E-state index < -0.39 is 21.7 Å². The van der Waals surface area contributed by atoms with E-state index in [4.69, 9.17) is 0 Å². The fourth-order valence-corrected chi connectivity index (χ4v) is 4.10. The number of halogens is 3. The first-order valence-electron chi connectivity index (χ1n) is 5.95. The highest BCUT2D eigenvalue weighted by Crippen LogP contribution is 2.28. The maximum atomic E-state index is 13.3. The lowest BCUT2D eigenvalue weighted by molar-refractivity contribution is 0.597. The van der Waals surface area contributed by atoms with Crippen LogP contribution in [-0.4, -0.2) is 8.42 Å². The van der Waals surface area contributed by atoms with Gasteiger partial charge in [0, 0.05) is 4.47 Å². The highest BCUT2D eigenvalue weighted by atomic mass is 79.9. The Morgan fingerprint density at radius 2 is 1.57 bits per heavy atom. The summed E-state index contributed by atoms with van der Waals surface area (Å²) in [7, 11) is -3.94. The third-order valence-electron chi connectivity index (χ3n) is 2.87. The van der Waals surface area contributed by atoms with Crippen LogP contribution in [0, 0.1) is 25.5 Å². The van der Waals surface area contributed by atoms with Crippen molar-refractivity contribution in [2.45, 2.75) is 18.7 Å². The fraction of sp³-hybridized carbons (Fsp3) is 0.143. The van der Waals surface area contributed by atoms with E-state index in [1.54, 1.807) is 0 Å². The summed E-state index contributed by atoms with van der Waals surface area (Å²) >= 11 is 3.15. The number of aryl methyl sites for hydroxylation is 2. The number of rotatable bonds is 3. The number of hydrogen-bond donors (Lipinski definition) is 1. The Labute approximate surface area is 130 Å². The SMILES string of the molecule is Cc1cc(F)cc(C)c1S(=O)(=O)Nc1cc(F)ccc1Br. The molecule has 3 nitrogen and oxygen atoms in total. The van der Waals surface area contributed by atoms with Crippen molar-refractivity contribution in [2.75, 3.05) is 4.72 Å². The number of benzene rings is 2. The topological polar surface area (TPSA) is 46.2 Å². The van der Waals surface area contributed by atoms with Gasteiger partial charge in [-0.05, 0) is 71.2 Å². The Balaban J connectivity index is 2.51. The minimum atomic E-state index is -3.94. The van der Waals surface area contributed by atoms with Crippen molar-refractivity contribution >= 4 is 31.6 Å². The molecule has 0 atom stereocenters. The van der Waals surface area contributed by atoms with Crippen molar-refractivity contribution in [2.24, 2.45) is 0 Å². The minimum absolute atomic E-state index is 0.0138. The Morgan fingerprint density at radius 3 is 2.14 bits per heavy atom. The van der Waals surface area contributed by atoms with E-state index in [0.717, 1.165) is 18.2 Å². The summed E-state index contributed by atoms with van der Waals surface area (Å²) in [5, 5.41) is 0. The third-order valence-corrected chi connectivity index (χ3v) is 5.23. The summed E-state index contributed by atoms with van der Waals surface area (Å²) in [6, 6.07) is 5.95. The van der Waals surface area contributed by atoms with Gasteiger partial charge in [-0.1, -0.05) is 0 Å². The lowest BCUT2D eigenvalue weighted by Crippen LogP contribution is -2.16. The van der Waals surface area contributed by atoms with Gasteiger partial charge >= 0.3 is 0 Å². The van der Waals surface area contributed by atoms with E-state index in [9.17, 15) is 17.2 Å². The molecule has 1 N–H and O–H groups in total. The van der Waals surface area contributed by atoms with E-state index in [1.807, 2.05) is 0 Å². The molecule has 112 valence electrons. The fourth-order valence-electron chi connectivity index (χ4n) is 2.09. The molecule has 0 bridgehead atoms. The van der Waals surface area contributed by atoms with Gasteiger partial charge in [0.25, 0.3) is 10.0 Å². The van der Waals surface area contributed by atoms with E-state index in [-0.39, 0.29) is 21.7 Å². The van der Waals surface area contributed by atoms with Crippen LogP contribution in [0.5, 0.6) is 0 Å². The molecule has 21 heavy (non-hydrogen) atoms. The summed E-state index contributed by atoms with van der Waals surface area (Å²) in [4.78, 5) is -0.0138. The van der Waals surface area contributed by atoms with Crippen LogP contribution in [-0.2, 0) is 10.0 Å². The summed E-state index contributed by atoms with van der Waals surface area (Å²) in [5.74, 6) is -1.07. The van der Waals surface area contributed by atoms with Gasteiger partial charge in [0.15, 0.2) is 0 Å². The van der Waals surface area contributed by atoms with Crippen molar-refractivity contribution in [1.82, 2.24) is 0 Å². The van der Waals surface area contributed by atoms with E-state index >= 15 is 0 Å². The Morgan fingerprint density at radius 1 is 1.00 bits per heavy atom. The van der Waals surface area contributed by atoms with Gasteiger partial charge < -0.3 is 0 Å². The van der Waals surface area contributed by atoms with Crippen molar-refractivity contribution in [1.29, 1.82) is 0 Å². The molecule has 0 spiro atoms. The third kappa shape index (κ3) is 3.41. The maximum absolute atomic E-state index is 13.3. The van der Waals surface area contributed by atoms with Crippen LogP contribution < -0.4 is 4.72 Å². The maximum Gasteiger partial charge on any atom is 0.262 e. The van der Waals surface area contributed by atoms with Crippen LogP contribution >= 0.6 is 15.9 Å². The van der Waals surface area contributed by atoms with E-state index in [0.29, 0.717) is 4.47 Å². The predicted molar refractivity (Wildman–Crippen MR) is 80.8 cm³/mol. The van der Waals surface area contributed by atoms with Crippen LogP contribution in [0.2, 0.25) is 0 Å². The first kappa shape index (κ1) is 15.9.